The van der Waals surface area contributed by atoms with E-state index in [0.717, 1.165) is 12.0 Å². The van der Waals surface area contributed by atoms with Crippen LogP contribution in [0.25, 0.3) is 0 Å². The van der Waals surface area contributed by atoms with Crippen LogP contribution in [0.15, 0.2) is 12.3 Å². The number of ether oxygens (including phenoxy) is 1. The van der Waals surface area contributed by atoms with Gasteiger partial charge >= 0.3 is 0 Å². The number of pyridine rings is 1. The summed E-state index contributed by atoms with van der Waals surface area (Å²) in [5.74, 6) is -0.100. The van der Waals surface area contributed by atoms with Crippen molar-refractivity contribution in [3.8, 4) is 0 Å². The number of amides is 1. The van der Waals surface area contributed by atoms with Gasteiger partial charge in [-0.15, -0.1) is 0 Å². The lowest BCUT2D eigenvalue weighted by Gasteiger charge is -2.60. The molecule has 2 fully saturated rings. The molecule has 114 valence electrons. The molecule has 5 nitrogen and oxygen atoms in total. The third-order valence-corrected chi connectivity index (χ3v) is 5.50. The van der Waals surface area contributed by atoms with Gasteiger partial charge in [0.25, 0.3) is 0 Å². The van der Waals surface area contributed by atoms with Crippen molar-refractivity contribution in [1.29, 1.82) is 0 Å². The Labute approximate surface area is 129 Å². The van der Waals surface area contributed by atoms with Crippen LogP contribution < -0.4 is 11.1 Å². The maximum atomic E-state index is 12.7. The molecule has 1 aromatic heterocycles. The van der Waals surface area contributed by atoms with E-state index >= 15 is 0 Å². The minimum Gasteiger partial charge on any atom is -0.377 e. The number of aromatic nitrogens is 1. The van der Waals surface area contributed by atoms with Crippen LogP contribution in [0.1, 0.15) is 25.8 Å². The van der Waals surface area contributed by atoms with Crippen molar-refractivity contribution in [3.05, 3.63) is 23.0 Å². The molecule has 3 rings (SSSR count). The number of carbonyl (C=O) groups excluding carboxylic acids is 1. The quantitative estimate of drug-likeness (QED) is 0.820. The second kappa shape index (κ2) is 4.66. The van der Waals surface area contributed by atoms with Gasteiger partial charge in [0.2, 0.25) is 5.91 Å². The van der Waals surface area contributed by atoms with E-state index in [1.54, 1.807) is 12.3 Å². The monoisotopic (exact) mass is 309 g/mol. The molecule has 2 aliphatic rings. The van der Waals surface area contributed by atoms with E-state index in [1.165, 1.54) is 0 Å². The van der Waals surface area contributed by atoms with Gasteiger partial charge in [-0.1, -0.05) is 25.4 Å². The highest BCUT2D eigenvalue weighted by atomic mass is 35.5. The first-order chi connectivity index (χ1) is 9.78. The second-order valence-corrected chi connectivity index (χ2v) is 6.92. The summed E-state index contributed by atoms with van der Waals surface area (Å²) in [5, 5.41) is 3.31. The highest BCUT2D eigenvalue weighted by molar-refractivity contribution is 6.30. The fourth-order valence-electron chi connectivity index (χ4n) is 3.71. The van der Waals surface area contributed by atoms with Crippen molar-refractivity contribution in [2.75, 3.05) is 11.9 Å². The number of nitrogens with zero attached hydrogens (tertiary/aromatic N) is 1. The summed E-state index contributed by atoms with van der Waals surface area (Å²) >= 11 is 5.90. The van der Waals surface area contributed by atoms with Crippen molar-refractivity contribution in [3.63, 3.8) is 0 Å². The molecule has 2 heterocycles. The number of halogens is 1. The van der Waals surface area contributed by atoms with Gasteiger partial charge in [0.1, 0.15) is 10.7 Å². The van der Waals surface area contributed by atoms with Crippen LogP contribution >= 0.6 is 11.6 Å². The number of hydrogen-bond acceptors (Lipinski definition) is 4. The van der Waals surface area contributed by atoms with E-state index in [2.05, 4.69) is 10.3 Å². The first kappa shape index (κ1) is 14.8. The summed E-state index contributed by atoms with van der Waals surface area (Å²) in [7, 11) is 0. The van der Waals surface area contributed by atoms with Gasteiger partial charge in [-0.25, -0.2) is 4.98 Å². The number of carbonyl (C=O) groups is 1. The van der Waals surface area contributed by atoms with Gasteiger partial charge < -0.3 is 15.8 Å². The number of nitrogens with two attached hydrogens (primary N) is 1. The number of hydrogen-bond donors (Lipinski definition) is 2. The molecule has 1 aliphatic carbocycles. The standard InChI is InChI=1S/C15H20ClN3O2/c1-8-6-9(7-18-12(8)16)19-13(20)15(17)10-4-5-21-11(10)14(15,2)3/h6-7,10-11H,4-5,17H2,1-3H3,(H,19,20). The molecule has 0 bridgehead atoms. The average Bonchev–Trinajstić information content (AvgIpc) is 2.90. The molecule has 21 heavy (non-hydrogen) atoms. The van der Waals surface area contributed by atoms with Gasteiger partial charge in [0.15, 0.2) is 0 Å². The first-order valence-corrected chi connectivity index (χ1v) is 7.50. The van der Waals surface area contributed by atoms with Crippen LogP contribution in [0.5, 0.6) is 0 Å². The Hall–Kier alpha value is -1.17. The summed E-state index contributed by atoms with van der Waals surface area (Å²) in [6.07, 6.45) is 2.44. The third-order valence-electron chi connectivity index (χ3n) is 5.10. The zero-order chi connectivity index (χ0) is 15.4. The summed E-state index contributed by atoms with van der Waals surface area (Å²) in [4.78, 5) is 16.8. The minimum atomic E-state index is -0.915. The van der Waals surface area contributed by atoms with Crippen molar-refractivity contribution < 1.29 is 9.53 Å². The lowest BCUT2D eigenvalue weighted by atomic mass is 9.48. The fraction of sp³-hybridized carbons (Fsp3) is 0.600. The lowest BCUT2D eigenvalue weighted by molar-refractivity contribution is -0.170. The van der Waals surface area contributed by atoms with E-state index in [-0.39, 0.29) is 23.3 Å². The van der Waals surface area contributed by atoms with Gasteiger partial charge in [0.05, 0.1) is 18.0 Å². The Morgan fingerprint density at radius 3 is 2.95 bits per heavy atom. The minimum absolute atomic E-state index is 0.0679. The SMILES string of the molecule is Cc1cc(NC(=O)C2(N)C3CCOC3C2(C)C)cnc1Cl. The van der Waals surface area contributed by atoms with E-state index in [0.29, 0.717) is 17.4 Å². The first-order valence-electron chi connectivity index (χ1n) is 7.12. The molecular formula is C15H20ClN3O2. The van der Waals surface area contributed by atoms with Crippen LogP contribution in [0.3, 0.4) is 0 Å². The van der Waals surface area contributed by atoms with Crippen LogP contribution in [0.4, 0.5) is 5.69 Å². The molecule has 0 spiro atoms. The third kappa shape index (κ3) is 1.91. The van der Waals surface area contributed by atoms with Gasteiger partial charge in [0, 0.05) is 17.9 Å². The Balaban J connectivity index is 1.83. The molecule has 0 radical (unpaired) electrons. The van der Waals surface area contributed by atoms with Gasteiger partial charge in [-0.3, -0.25) is 4.79 Å². The van der Waals surface area contributed by atoms with Crippen LogP contribution in [-0.2, 0) is 9.53 Å². The van der Waals surface area contributed by atoms with Crippen molar-refractivity contribution in [1.82, 2.24) is 4.98 Å². The topological polar surface area (TPSA) is 77.2 Å². The maximum absolute atomic E-state index is 12.7. The number of nitrogens with one attached hydrogen (secondary N) is 1. The zero-order valence-electron chi connectivity index (χ0n) is 12.4. The normalized spacial score (nSPS) is 33.2. The maximum Gasteiger partial charge on any atom is 0.245 e. The molecule has 1 aromatic rings. The molecule has 1 saturated heterocycles. The zero-order valence-corrected chi connectivity index (χ0v) is 13.2. The number of rotatable bonds is 2. The molecule has 0 aromatic carbocycles. The number of anilines is 1. The molecule has 1 saturated carbocycles. The second-order valence-electron chi connectivity index (χ2n) is 6.56. The highest BCUT2D eigenvalue weighted by Crippen LogP contribution is 2.58. The van der Waals surface area contributed by atoms with E-state index < -0.39 is 5.54 Å². The smallest absolute Gasteiger partial charge is 0.245 e. The van der Waals surface area contributed by atoms with Crippen LogP contribution in [0.2, 0.25) is 5.15 Å². The summed E-state index contributed by atoms with van der Waals surface area (Å²) < 4.78 is 5.71. The van der Waals surface area contributed by atoms with Crippen molar-refractivity contribution in [2.45, 2.75) is 38.8 Å². The molecule has 6 heteroatoms. The molecular weight excluding hydrogens is 290 g/mol. The fourth-order valence-corrected chi connectivity index (χ4v) is 3.81. The number of aryl methyl sites for hydroxylation is 1. The summed E-state index contributed by atoms with van der Waals surface area (Å²) in [6.45, 7) is 6.50. The van der Waals surface area contributed by atoms with Gasteiger partial charge in [-0.2, -0.15) is 0 Å². The van der Waals surface area contributed by atoms with Crippen LogP contribution in [0, 0.1) is 18.3 Å². The largest absolute Gasteiger partial charge is 0.377 e. The van der Waals surface area contributed by atoms with E-state index in [9.17, 15) is 4.79 Å². The van der Waals surface area contributed by atoms with Crippen molar-refractivity contribution >= 4 is 23.2 Å². The lowest BCUT2D eigenvalue weighted by Crippen LogP contribution is -2.79. The predicted molar refractivity (Wildman–Crippen MR) is 81.2 cm³/mol. The summed E-state index contributed by atoms with van der Waals surface area (Å²) in [5.41, 5.74) is 6.62. The Morgan fingerprint density at radius 2 is 2.29 bits per heavy atom. The Kier molecular flexibility index (Phi) is 3.28. The molecule has 3 unspecified atom stereocenters. The van der Waals surface area contributed by atoms with E-state index in [1.807, 2.05) is 20.8 Å². The summed E-state index contributed by atoms with van der Waals surface area (Å²) in [6, 6.07) is 1.80. The molecule has 3 N–H and O–H groups in total. The Morgan fingerprint density at radius 1 is 1.57 bits per heavy atom. The van der Waals surface area contributed by atoms with Gasteiger partial charge in [-0.05, 0) is 25.0 Å². The molecule has 3 atom stereocenters. The number of fused-ring (bicyclic) bond motifs is 1. The Bertz CT molecular complexity index is 605. The average molecular weight is 310 g/mol. The highest BCUT2D eigenvalue weighted by Gasteiger charge is 2.71. The van der Waals surface area contributed by atoms with E-state index in [4.69, 9.17) is 22.1 Å². The molecule has 1 aliphatic heterocycles. The molecule has 1 amide bonds. The van der Waals surface area contributed by atoms with Crippen LogP contribution in [-0.4, -0.2) is 29.1 Å². The van der Waals surface area contributed by atoms with Crippen molar-refractivity contribution in [2.24, 2.45) is 17.1 Å². The predicted octanol–water partition coefficient (Wildman–Crippen LogP) is 2.12.